The maximum absolute atomic E-state index is 13.7. The molecular formula is C31H43BrClN7O2. The maximum Gasteiger partial charge on any atom is 0.318 e. The van der Waals surface area contributed by atoms with E-state index in [0.29, 0.717) is 37.6 Å². The van der Waals surface area contributed by atoms with Gasteiger partial charge in [0.2, 0.25) is 5.91 Å². The first-order valence-corrected chi connectivity index (χ1v) is 16.0. The molecule has 2 aliphatic heterocycles. The molecule has 3 N–H and O–H groups in total. The monoisotopic (exact) mass is 659 g/mol. The van der Waals surface area contributed by atoms with Crippen molar-refractivity contribution in [2.24, 2.45) is 0 Å². The van der Waals surface area contributed by atoms with E-state index < -0.39 is 6.04 Å². The van der Waals surface area contributed by atoms with Crippen molar-refractivity contribution in [3.8, 4) is 0 Å². The second-order valence-corrected chi connectivity index (χ2v) is 12.3. The number of fused-ring (bicyclic) bond motifs is 2. The average molecular weight is 661 g/mol. The number of aromatic nitrogens is 1. The lowest BCUT2D eigenvalue weighted by molar-refractivity contribution is -0.127. The zero-order chi connectivity index (χ0) is 30.4. The molecule has 1 saturated heterocycles. The van der Waals surface area contributed by atoms with Crippen LogP contribution in [0.4, 0.5) is 4.79 Å². The summed E-state index contributed by atoms with van der Waals surface area (Å²) in [6.45, 7) is 10.6. The molecule has 1 aliphatic carbocycles. The summed E-state index contributed by atoms with van der Waals surface area (Å²) < 4.78 is 0.944. The molecule has 3 aliphatic rings. The van der Waals surface area contributed by atoms with Gasteiger partial charge in [-0.05, 0) is 77.5 Å². The van der Waals surface area contributed by atoms with Crippen molar-refractivity contribution in [2.45, 2.75) is 65.1 Å². The third-order valence-electron chi connectivity index (χ3n) is 7.81. The van der Waals surface area contributed by atoms with Crippen LogP contribution in [-0.4, -0.2) is 83.6 Å². The minimum atomic E-state index is -0.640. The molecule has 1 aromatic heterocycles. The SMILES string of the molecule is CC.CC(C)NC(=O)N1CCN(C2c3ccc(Cl)cc3CCc3cc(Br)cnc32)C[C@@H]1C(=O)NCCC1=CNCN1C. The van der Waals surface area contributed by atoms with Crippen molar-refractivity contribution in [1.82, 2.24) is 35.6 Å². The van der Waals surface area contributed by atoms with Gasteiger partial charge in [0.1, 0.15) is 6.04 Å². The Morgan fingerprint density at radius 3 is 2.64 bits per heavy atom. The van der Waals surface area contributed by atoms with E-state index >= 15 is 0 Å². The number of nitrogens with one attached hydrogen (secondary N) is 3. The number of aryl methyl sites for hydroxylation is 2. The first-order chi connectivity index (χ1) is 20.2. The molecule has 0 spiro atoms. The van der Waals surface area contributed by atoms with E-state index in [1.807, 2.05) is 59.3 Å². The van der Waals surface area contributed by atoms with E-state index in [4.69, 9.17) is 16.6 Å². The highest BCUT2D eigenvalue weighted by Gasteiger charge is 2.40. The number of carbonyl (C=O) groups is 2. The zero-order valence-electron chi connectivity index (χ0n) is 25.2. The highest BCUT2D eigenvalue weighted by atomic mass is 79.9. The highest BCUT2D eigenvalue weighted by Crippen LogP contribution is 2.38. The average Bonchev–Trinajstić information content (AvgIpc) is 3.31. The van der Waals surface area contributed by atoms with E-state index in [0.717, 1.165) is 40.9 Å². The number of urea groups is 1. The van der Waals surface area contributed by atoms with E-state index in [9.17, 15) is 9.59 Å². The van der Waals surface area contributed by atoms with E-state index in [-0.39, 0.29) is 24.0 Å². The summed E-state index contributed by atoms with van der Waals surface area (Å²) >= 11 is 10.0. The van der Waals surface area contributed by atoms with Gasteiger partial charge in [0, 0.05) is 73.3 Å². The minimum Gasteiger partial charge on any atom is -0.372 e. The van der Waals surface area contributed by atoms with Gasteiger partial charge in [0.15, 0.2) is 0 Å². The smallest absolute Gasteiger partial charge is 0.318 e. The van der Waals surface area contributed by atoms with E-state index in [2.05, 4.69) is 53.8 Å². The second kappa shape index (κ2) is 14.6. The molecule has 9 nitrogen and oxygen atoms in total. The van der Waals surface area contributed by atoms with Crippen LogP contribution in [0.5, 0.6) is 0 Å². The normalized spacial score (nSPS) is 20.0. The fourth-order valence-corrected chi connectivity index (χ4v) is 6.40. The summed E-state index contributed by atoms with van der Waals surface area (Å²) in [6, 6.07) is 7.18. The fourth-order valence-electron chi connectivity index (χ4n) is 5.82. The number of benzene rings is 1. The van der Waals surface area contributed by atoms with E-state index in [1.54, 1.807) is 4.90 Å². The Morgan fingerprint density at radius 1 is 1.17 bits per heavy atom. The summed E-state index contributed by atoms with van der Waals surface area (Å²) in [5, 5.41) is 10.0. The Labute approximate surface area is 263 Å². The Hall–Kier alpha value is -2.82. The molecule has 5 rings (SSSR count). The molecule has 3 amide bonds. The topological polar surface area (TPSA) is 92.8 Å². The predicted molar refractivity (Wildman–Crippen MR) is 171 cm³/mol. The minimum absolute atomic E-state index is 0.0282. The van der Waals surface area contributed by atoms with Crippen LogP contribution in [0.1, 0.15) is 62.5 Å². The molecule has 0 saturated carbocycles. The van der Waals surface area contributed by atoms with Crippen LogP contribution >= 0.6 is 27.5 Å². The fraction of sp³-hybridized carbons (Fsp3) is 0.516. The van der Waals surface area contributed by atoms with Crippen LogP contribution < -0.4 is 16.0 Å². The van der Waals surface area contributed by atoms with Crippen molar-refractivity contribution in [3.63, 3.8) is 0 Å². The lowest BCUT2D eigenvalue weighted by Gasteiger charge is -2.44. The summed E-state index contributed by atoms with van der Waals surface area (Å²) in [5.41, 5.74) is 5.65. The summed E-state index contributed by atoms with van der Waals surface area (Å²) in [6.07, 6.45) is 6.25. The van der Waals surface area contributed by atoms with Crippen LogP contribution in [-0.2, 0) is 17.6 Å². The Morgan fingerprint density at radius 2 is 1.93 bits per heavy atom. The van der Waals surface area contributed by atoms with Gasteiger partial charge in [-0.3, -0.25) is 14.7 Å². The number of pyridine rings is 1. The van der Waals surface area contributed by atoms with Gasteiger partial charge in [-0.15, -0.1) is 0 Å². The molecule has 0 radical (unpaired) electrons. The molecule has 2 aromatic rings. The van der Waals surface area contributed by atoms with Gasteiger partial charge < -0.3 is 25.8 Å². The second-order valence-electron chi connectivity index (χ2n) is 11.0. The van der Waals surface area contributed by atoms with Crippen molar-refractivity contribution in [1.29, 1.82) is 0 Å². The number of halogens is 2. The van der Waals surface area contributed by atoms with E-state index in [1.165, 1.54) is 11.1 Å². The third kappa shape index (κ3) is 7.38. The Kier molecular flexibility index (Phi) is 11.1. The number of amides is 3. The van der Waals surface area contributed by atoms with Gasteiger partial charge >= 0.3 is 6.03 Å². The van der Waals surface area contributed by atoms with Crippen LogP contribution in [0, 0.1) is 0 Å². The third-order valence-corrected chi connectivity index (χ3v) is 8.48. The maximum atomic E-state index is 13.7. The first kappa shape index (κ1) is 32.1. The molecule has 2 atom stereocenters. The first-order valence-electron chi connectivity index (χ1n) is 14.9. The Bertz CT molecular complexity index is 1250. The van der Waals surface area contributed by atoms with Gasteiger partial charge in [0.25, 0.3) is 0 Å². The number of hydrogen-bond donors (Lipinski definition) is 3. The summed E-state index contributed by atoms with van der Waals surface area (Å²) in [4.78, 5) is 37.9. The lowest BCUT2D eigenvalue weighted by Crippen LogP contribution is -2.63. The number of piperazine rings is 1. The van der Waals surface area contributed by atoms with Crippen LogP contribution in [0.3, 0.4) is 0 Å². The predicted octanol–water partition coefficient (Wildman–Crippen LogP) is 4.66. The molecular weight excluding hydrogens is 618 g/mol. The molecule has 228 valence electrons. The number of hydrogen-bond acceptors (Lipinski definition) is 6. The van der Waals surface area contributed by atoms with Crippen molar-refractivity contribution in [3.05, 3.63) is 74.2 Å². The number of rotatable bonds is 6. The van der Waals surface area contributed by atoms with Gasteiger partial charge in [-0.2, -0.15) is 0 Å². The highest BCUT2D eigenvalue weighted by molar-refractivity contribution is 9.10. The largest absolute Gasteiger partial charge is 0.372 e. The quantitative estimate of drug-likeness (QED) is 0.418. The van der Waals surface area contributed by atoms with Gasteiger partial charge in [0.05, 0.1) is 18.4 Å². The van der Waals surface area contributed by atoms with Crippen molar-refractivity contribution >= 4 is 39.5 Å². The molecule has 11 heteroatoms. The molecule has 0 bridgehead atoms. The molecule has 1 aromatic carbocycles. The summed E-state index contributed by atoms with van der Waals surface area (Å²) in [5.74, 6) is -0.147. The molecule has 1 unspecified atom stereocenters. The van der Waals surface area contributed by atoms with Gasteiger partial charge in [-0.25, -0.2) is 4.79 Å². The number of carbonyl (C=O) groups excluding carboxylic acids is 2. The van der Waals surface area contributed by atoms with Gasteiger partial charge in [-0.1, -0.05) is 31.5 Å². The van der Waals surface area contributed by atoms with Crippen LogP contribution in [0.15, 0.2) is 46.8 Å². The Balaban J connectivity index is 0.00000198. The molecule has 3 heterocycles. The zero-order valence-corrected chi connectivity index (χ0v) is 27.6. The van der Waals surface area contributed by atoms with Crippen LogP contribution in [0.25, 0.3) is 0 Å². The van der Waals surface area contributed by atoms with Crippen molar-refractivity contribution in [2.75, 3.05) is 39.9 Å². The van der Waals surface area contributed by atoms with Crippen molar-refractivity contribution < 1.29 is 9.59 Å². The van der Waals surface area contributed by atoms with Crippen LogP contribution in [0.2, 0.25) is 5.02 Å². The lowest BCUT2D eigenvalue weighted by atomic mass is 9.95. The standard InChI is InChI=1S/C29H37BrClN7O2.C2H6/c1-18(2)35-29(40)38-11-10-37(16-25(38)28(39)33-9-8-23-15-32-17-36(23)3)27-24-7-6-22(31)13-19(24)4-5-20-12-21(30)14-34-26(20)27;1-2/h6-7,12-15,18,25,27,32H,4-5,8-11,16-17H2,1-3H3,(H,33,39)(H,35,40);1-2H3/t25-,27?;/m1./s1. The molecule has 42 heavy (non-hydrogen) atoms. The summed E-state index contributed by atoms with van der Waals surface area (Å²) in [7, 11) is 2.02. The number of nitrogens with zero attached hydrogens (tertiary/aromatic N) is 4. The molecule has 1 fully saturated rings.